The van der Waals surface area contributed by atoms with Gasteiger partial charge in [-0.2, -0.15) is 0 Å². The van der Waals surface area contributed by atoms with Gasteiger partial charge in [-0.1, -0.05) is 26.2 Å². The predicted molar refractivity (Wildman–Crippen MR) is 33.9 cm³/mol. The van der Waals surface area contributed by atoms with Crippen molar-refractivity contribution in [3.8, 4) is 0 Å². The molecule has 0 aromatic carbocycles. The topological polar surface area (TPSA) is 32.3 Å². The van der Waals surface area contributed by atoms with Crippen LogP contribution in [0.5, 0.6) is 0 Å². The van der Waals surface area contributed by atoms with Crippen LogP contribution in [0.25, 0.3) is 0 Å². The summed E-state index contributed by atoms with van der Waals surface area (Å²) >= 11 is 0. The Morgan fingerprint density at radius 1 is 1.22 bits per heavy atom. The van der Waals surface area contributed by atoms with E-state index in [4.69, 9.17) is 5.21 Å². The van der Waals surface area contributed by atoms with Crippen LogP contribution < -0.4 is 5.48 Å². The van der Waals surface area contributed by atoms with Crippen LogP contribution >= 0.6 is 0 Å². The largest absolute Gasteiger partial charge is 0.317 e. The molecule has 55 valence electrons. The first-order valence-corrected chi connectivity index (χ1v) is 3.28. The van der Waals surface area contributed by atoms with E-state index in [1.165, 1.54) is 19.3 Å². The molecule has 0 aromatic heterocycles. The van der Waals surface area contributed by atoms with Crippen molar-refractivity contribution >= 4 is 0 Å². The molecule has 9 heavy (non-hydrogen) atoms. The summed E-state index contributed by atoms with van der Waals surface area (Å²) in [5.74, 6) is 0. The smallest absolute Gasteiger partial charge is 0.0207 e. The van der Waals surface area contributed by atoms with E-state index < -0.39 is 0 Å². The molecule has 0 amide bonds. The molecule has 0 saturated carbocycles. The SMILES string of the molecule is CCCCCCNO.[V]. The van der Waals surface area contributed by atoms with Crippen molar-refractivity contribution in [3.05, 3.63) is 0 Å². The van der Waals surface area contributed by atoms with Crippen LogP contribution in [0.15, 0.2) is 0 Å². The molecule has 2 nitrogen and oxygen atoms in total. The summed E-state index contributed by atoms with van der Waals surface area (Å²) in [7, 11) is 0. The third-order valence-electron chi connectivity index (χ3n) is 1.14. The molecule has 3 heteroatoms. The van der Waals surface area contributed by atoms with Gasteiger partial charge in [-0.3, -0.25) is 0 Å². The molecule has 2 N–H and O–H groups in total. The van der Waals surface area contributed by atoms with Crippen LogP contribution in [-0.4, -0.2) is 11.8 Å². The Morgan fingerprint density at radius 2 is 1.89 bits per heavy atom. The van der Waals surface area contributed by atoms with Crippen LogP contribution in [0, 0.1) is 0 Å². The summed E-state index contributed by atoms with van der Waals surface area (Å²) in [5, 5.41) is 8.12. The number of hydroxylamine groups is 1. The third kappa shape index (κ3) is 11.9. The second-order valence-electron chi connectivity index (χ2n) is 1.97. The molecule has 0 aliphatic rings. The Balaban J connectivity index is 0. The van der Waals surface area contributed by atoms with Gasteiger partial charge in [0.2, 0.25) is 0 Å². The zero-order valence-electron chi connectivity index (χ0n) is 5.93. The van der Waals surface area contributed by atoms with Crippen molar-refractivity contribution < 1.29 is 23.8 Å². The van der Waals surface area contributed by atoms with Crippen molar-refractivity contribution in [2.24, 2.45) is 0 Å². The van der Waals surface area contributed by atoms with E-state index in [1.54, 1.807) is 0 Å². The summed E-state index contributed by atoms with van der Waals surface area (Å²) < 4.78 is 0. The molecular formula is C6H15NOV. The van der Waals surface area contributed by atoms with Crippen molar-refractivity contribution in [1.29, 1.82) is 0 Å². The summed E-state index contributed by atoms with van der Waals surface area (Å²) in [6, 6.07) is 0. The Hall–Kier alpha value is 0.504. The number of hydrogen-bond donors (Lipinski definition) is 2. The van der Waals surface area contributed by atoms with E-state index in [-0.39, 0.29) is 18.6 Å². The van der Waals surface area contributed by atoms with Gasteiger partial charge < -0.3 is 5.21 Å². The van der Waals surface area contributed by atoms with Gasteiger partial charge >= 0.3 is 0 Å². The second-order valence-corrected chi connectivity index (χ2v) is 1.97. The zero-order chi connectivity index (χ0) is 6.24. The number of rotatable bonds is 5. The fourth-order valence-electron chi connectivity index (χ4n) is 0.631. The van der Waals surface area contributed by atoms with Crippen molar-refractivity contribution in [2.75, 3.05) is 6.54 Å². The summed E-state index contributed by atoms with van der Waals surface area (Å²) in [4.78, 5) is 0. The molecule has 0 heterocycles. The molecule has 1 radical (unpaired) electrons. The monoisotopic (exact) mass is 168 g/mol. The Morgan fingerprint density at radius 3 is 2.33 bits per heavy atom. The van der Waals surface area contributed by atoms with Crippen LogP contribution in [0.2, 0.25) is 0 Å². The van der Waals surface area contributed by atoms with Gasteiger partial charge in [-0.25, -0.2) is 5.48 Å². The van der Waals surface area contributed by atoms with Gasteiger partial charge in [-0.05, 0) is 6.42 Å². The first kappa shape index (κ1) is 12.2. The number of nitrogens with one attached hydrogen (secondary N) is 1. The van der Waals surface area contributed by atoms with E-state index >= 15 is 0 Å². The first-order chi connectivity index (χ1) is 3.91. The average Bonchev–Trinajstić information content (AvgIpc) is 1.81. The second kappa shape index (κ2) is 11.3. The normalized spacial score (nSPS) is 8.67. The molecule has 0 aliphatic heterocycles. The van der Waals surface area contributed by atoms with Gasteiger partial charge in [0.05, 0.1) is 0 Å². The quantitative estimate of drug-likeness (QED) is 0.482. The molecule has 0 fully saturated rings. The van der Waals surface area contributed by atoms with E-state index in [1.807, 2.05) is 0 Å². The van der Waals surface area contributed by atoms with Crippen LogP contribution in [0.1, 0.15) is 32.6 Å². The van der Waals surface area contributed by atoms with E-state index in [2.05, 4.69) is 12.4 Å². The third-order valence-corrected chi connectivity index (χ3v) is 1.14. The van der Waals surface area contributed by atoms with E-state index in [0.29, 0.717) is 0 Å². The molecule has 0 aliphatic carbocycles. The molecule has 0 unspecified atom stereocenters. The van der Waals surface area contributed by atoms with Crippen molar-refractivity contribution in [3.63, 3.8) is 0 Å². The molecule has 0 spiro atoms. The zero-order valence-corrected chi connectivity index (χ0v) is 7.33. The maximum atomic E-state index is 8.12. The number of hydrogen-bond acceptors (Lipinski definition) is 2. The van der Waals surface area contributed by atoms with Gasteiger partial charge in [0.25, 0.3) is 0 Å². The summed E-state index contributed by atoms with van der Waals surface area (Å²) in [6.45, 7) is 2.91. The Kier molecular flexibility index (Phi) is 15.4. The fraction of sp³-hybridized carbons (Fsp3) is 1.00. The maximum absolute atomic E-state index is 8.12. The number of unbranched alkanes of at least 4 members (excludes halogenated alkanes) is 3. The van der Waals surface area contributed by atoms with Crippen molar-refractivity contribution in [2.45, 2.75) is 32.6 Å². The maximum Gasteiger partial charge on any atom is 0.0207 e. The van der Waals surface area contributed by atoms with Crippen LogP contribution in [0.4, 0.5) is 0 Å². The first-order valence-electron chi connectivity index (χ1n) is 3.28. The molecule has 0 aromatic rings. The van der Waals surface area contributed by atoms with Gasteiger partial charge in [0.1, 0.15) is 0 Å². The van der Waals surface area contributed by atoms with Gasteiger partial charge in [0, 0.05) is 25.1 Å². The van der Waals surface area contributed by atoms with E-state index in [9.17, 15) is 0 Å². The van der Waals surface area contributed by atoms with E-state index in [0.717, 1.165) is 13.0 Å². The molecule has 0 atom stereocenters. The van der Waals surface area contributed by atoms with Crippen LogP contribution in [-0.2, 0) is 18.6 Å². The summed E-state index contributed by atoms with van der Waals surface area (Å²) in [6.07, 6.45) is 4.85. The minimum absolute atomic E-state index is 0. The molecule has 0 rings (SSSR count). The fourth-order valence-corrected chi connectivity index (χ4v) is 0.631. The molecule has 0 saturated heterocycles. The van der Waals surface area contributed by atoms with Gasteiger partial charge in [0.15, 0.2) is 0 Å². The van der Waals surface area contributed by atoms with Gasteiger partial charge in [-0.15, -0.1) is 0 Å². The Bertz CT molecular complexity index is 38.0. The standard InChI is InChI=1S/C6H15NO.V/c1-2-3-4-5-6-7-8;/h7-8H,2-6H2,1H3;. The minimum atomic E-state index is 0. The minimum Gasteiger partial charge on any atom is -0.317 e. The average molecular weight is 168 g/mol. The molecular weight excluding hydrogens is 153 g/mol. The predicted octanol–water partition coefficient (Wildman–Crippen LogP) is 1.54. The van der Waals surface area contributed by atoms with Crippen LogP contribution in [0.3, 0.4) is 0 Å². The summed E-state index contributed by atoms with van der Waals surface area (Å²) in [5.41, 5.74) is 2.13. The Labute approximate surface area is 68.9 Å². The molecule has 0 bridgehead atoms. The van der Waals surface area contributed by atoms with Crippen molar-refractivity contribution in [1.82, 2.24) is 5.48 Å².